The summed E-state index contributed by atoms with van der Waals surface area (Å²) in [4.78, 5) is 12.5. The Morgan fingerprint density at radius 3 is 2.24 bits per heavy atom. The van der Waals surface area contributed by atoms with Crippen LogP contribution >= 0.6 is 11.3 Å². The van der Waals surface area contributed by atoms with Crippen LogP contribution in [0.3, 0.4) is 0 Å². The molecule has 2 aliphatic carbocycles. The van der Waals surface area contributed by atoms with Gasteiger partial charge in [0.05, 0.1) is 0 Å². The van der Waals surface area contributed by atoms with Gasteiger partial charge in [0.15, 0.2) is 0 Å². The van der Waals surface area contributed by atoms with E-state index in [-0.39, 0.29) is 5.91 Å². The summed E-state index contributed by atoms with van der Waals surface area (Å²) in [5.41, 5.74) is 2.06. The van der Waals surface area contributed by atoms with Crippen LogP contribution in [0, 0.1) is 0 Å². The van der Waals surface area contributed by atoms with Gasteiger partial charge in [0.2, 0.25) is 5.13 Å². The minimum Gasteiger partial charge on any atom is -0.296 e. The highest BCUT2D eigenvalue weighted by atomic mass is 32.1. The first-order valence-electron chi connectivity index (χ1n) is 9.54. The lowest BCUT2D eigenvalue weighted by Crippen LogP contribution is -2.12. The van der Waals surface area contributed by atoms with Gasteiger partial charge < -0.3 is 0 Å². The molecular formula is C20H25N3OS. The molecule has 1 amide bonds. The molecule has 0 atom stereocenters. The molecule has 0 bridgehead atoms. The highest BCUT2D eigenvalue weighted by Gasteiger charge is 2.22. The van der Waals surface area contributed by atoms with E-state index < -0.39 is 0 Å². The van der Waals surface area contributed by atoms with Crippen molar-refractivity contribution < 1.29 is 4.79 Å². The SMILES string of the molecule is O=C(Nc1nnc(C2CCCC2)s1)c1ccc(C2CCCCC2)cc1. The summed E-state index contributed by atoms with van der Waals surface area (Å²) in [6, 6.07) is 8.13. The Bertz CT molecular complexity index is 713. The summed E-state index contributed by atoms with van der Waals surface area (Å²) in [6.45, 7) is 0. The molecule has 0 aliphatic heterocycles. The molecule has 5 heteroatoms. The number of aromatic nitrogens is 2. The first-order chi connectivity index (χ1) is 12.3. The van der Waals surface area contributed by atoms with E-state index in [9.17, 15) is 4.79 Å². The molecule has 0 unspecified atom stereocenters. The fourth-order valence-electron chi connectivity index (χ4n) is 4.13. The number of anilines is 1. The van der Waals surface area contributed by atoms with Gasteiger partial charge in [-0.3, -0.25) is 10.1 Å². The van der Waals surface area contributed by atoms with Crippen molar-refractivity contribution in [3.8, 4) is 0 Å². The Kier molecular flexibility index (Phi) is 5.11. The minimum absolute atomic E-state index is 0.0932. The Labute approximate surface area is 153 Å². The first-order valence-corrected chi connectivity index (χ1v) is 10.4. The van der Waals surface area contributed by atoms with Crippen molar-refractivity contribution in [3.63, 3.8) is 0 Å². The van der Waals surface area contributed by atoms with Crippen LogP contribution in [0.1, 0.15) is 90.6 Å². The molecule has 0 radical (unpaired) electrons. The molecule has 132 valence electrons. The molecule has 2 aliphatic rings. The Morgan fingerprint density at radius 2 is 1.52 bits per heavy atom. The van der Waals surface area contributed by atoms with E-state index in [0.29, 0.717) is 22.5 Å². The van der Waals surface area contributed by atoms with Crippen molar-refractivity contribution in [1.82, 2.24) is 10.2 Å². The number of hydrogen-bond acceptors (Lipinski definition) is 4. The lowest BCUT2D eigenvalue weighted by molar-refractivity contribution is 0.102. The molecule has 1 N–H and O–H groups in total. The smallest absolute Gasteiger partial charge is 0.257 e. The van der Waals surface area contributed by atoms with Crippen molar-refractivity contribution in [2.45, 2.75) is 69.6 Å². The summed E-state index contributed by atoms with van der Waals surface area (Å²) in [7, 11) is 0. The van der Waals surface area contributed by atoms with Crippen molar-refractivity contribution >= 4 is 22.4 Å². The van der Waals surface area contributed by atoms with E-state index in [4.69, 9.17) is 0 Å². The number of benzene rings is 1. The number of nitrogens with zero attached hydrogens (tertiary/aromatic N) is 2. The molecule has 2 aromatic rings. The van der Waals surface area contributed by atoms with Crippen molar-refractivity contribution in [3.05, 3.63) is 40.4 Å². The van der Waals surface area contributed by atoms with Crippen molar-refractivity contribution in [1.29, 1.82) is 0 Å². The van der Waals surface area contributed by atoms with Crippen LogP contribution in [0.15, 0.2) is 24.3 Å². The maximum Gasteiger partial charge on any atom is 0.257 e. The van der Waals surface area contributed by atoms with Gasteiger partial charge in [0, 0.05) is 11.5 Å². The van der Waals surface area contributed by atoms with Gasteiger partial charge in [-0.2, -0.15) is 0 Å². The number of amides is 1. The molecule has 1 aromatic carbocycles. The fourth-order valence-corrected chi connectivity index (χ4v) is 5.04. The maximum atomic E-state index is 12.5. The third-order valence-electron chi connectivity index (χ3n) is 5.61. The van der Waals surface area contributed by atoms with Gasteiger partial charge in [-0.25, -0.2) is 0 Å². The van der Waals surface area contributed by atoms with Gasteiger partial charge in [-0.15, -0.1) is 10.2 Å². The molecule has 1 aromatic heterocycles. The van der Waals surface area contributed by atoms with E-state index in [1.54, 1.807) is 0 Å². The van der Waals surface area contributed by atoms with E-state index in [2.05, 4.69) is 27.6 Å². The van der Waals surface area contributed by atoms with E-state index in [1.807, 2.05) is 12.1 Å². The van der Waals surface area contributed by atoms with Crippen LogP contribution in [0.25, 0.3) is 0 Å². The molecular weight excluding hydrogens is 330 g/mol. The van der Waals surface area contributed by atoms with Crippen LogP contribution < -0.4 is 5.32 Å². The Morgan fingerprint density at radius 1 is 0.880 bits per heavy atom. The van der Waals surface area contributed by atoms with E-state index in [0.717, 1.165) is 5.01 Å². The second kappa shape index (κ2) is 7.65. The third-order valence-corrected chi connectivity index (χ3v) is 6.62. The highest BCUT2D eigenvalue weighted by Crippen LogP contribution is 2.36. The summed E-state index contributed by atoms with van der Waals surface area (Å²) in [6.07, 6.45) is 11.5. The zero-order chi connectivity index (χ0) is 17.1. The summed E-state index contributed by atoms with van der Waals surface area (Å²) < 4.78 is 0. The summed E-state index contributed by atoms with van der Waals surface area (Å²) in [5.74, 6) is 1.12. The Hall–Kier alpha value is -1.75. The van der Waals surface area contributed by atoms with Crippen LogP contribution in [0.4, 0.5) is 5.13 Å². The molecule has 2 saturated carbocycles. The molecule has 0 spiro atoms. The molecule has 0 saturated heterocycles. The lowest BCUT2D eigenvalue weighted by atomic mass is 9.84. The standard InChI is InChI=1S/C20H25N3OS/c24-18(21-20-23-22-19(25-20)17-8-4-5-9-17)16-12-10-15(11-13-16)14-6-2-1-3-7-14/h10-14,17H,1-9H2,(H,21,23,24). The molecule has 25 heavy (non-hydrogen) atoms. The van der Waals surface area contributed by atoms with Gasteiger partial charge in [0.25, 0.3) is 5.91 Å². The summed E-state index contributed by atoms with van der Waals surface area (Å²) >= 11 is 1.52. The average Bonchev–Trinajstić information content (AvgIpc) is 3.34. The van der Waals surface area contributed by atoms with Crippen LogP contribution in [-0.4, -0.2) is 16.1 Å². The predicted molar refractivity (Wildman–Crippen MR) is 101 cm³/mol. The van der Waals surface area contributed by atoms with E-state index >= 15 is 0 Å². The lowest BCUT2D eigenvalue weighted by Gasteiger charge is -2.22. The van der Waals surface area contributed by atoms with Crippen LogP contribution in [0.2, 0.25) is 0 Å². The predicted octanol–water partition coefficient (Wildman–Crippen LogP) is 5.50. The van der Waals surface area contributed by atoms with E-state index in [1.165, 1.54) is 74.7 Å². The minimum atomic E-state index is -0.0932. The normalized spacial score (nSPS) is 19.2. The monoisotopic (exact) mass is 355 g/mol. The summed E-state index contributed by atoms with van der Waals surface area (Å²) in [5, 5.41) is 13.0. The van der Waals surface area contributed by atoms with Crippen LogP contribution in [0.5, 0.6) is 0 Å². The third kappa shape index (κ3) is 3.92. The second-order valence-electron chi connectivity index (χ2n) is 7.34. The number of nitrogens with one attached hydrogen (secondary N) is 1. The quantitative estimate of drug-likeness (QED) is 0.788. The topological polar surface area (TPSA) is 54.9 Å². The van der Waals surface area contributed by atoms with Gasteiger partial charge in [-0.1, -0.05) is 55.6 Å². The van der Waals surface area contributed by atoms with Gasteiger partial charge >= 0.3 is 0 Å². The second-order valence-corrected chi connectivity index (χ2v) is 8.35. The highest BCUT2D eigenvalue weighted by molar-refractivity contribution is 7.15. The van der Waals surface area contributed by atoms with Gasteiger partial charge in [-0.05, 0) is 49.3 Å². The number of rotatable bonds is 4. The molecule has 4 rings (SSSR count). The fraction of sp³-hybridized carbons (Fsp3) is 0.550. The first kappa shape index (κ1) is 16.7. The van der Waals surface area contributed by atoms with Crippen molar-refractivity contribution in [2.24, 2.45) is 0 Å². The zero-order valence-electron chi connectivity index (χ0n) is 14.5. The largest absolute Gasteiger partial charge is 0.296 e. The van der Waals surface area contributed by atoms with Gasteiger partial charge in [0.1, 0.15) is 5.01 Å². The molecule has 1 heterocycles. The molecule has 4 nitrogen and oxygen atoms in total. The number of carbonyl (C=O) groups excluding carboxylic acids is 1. The number of hydrogen-bond donors (Lipinski definition) is 1. The van der Waals surface area contributed by atoms with Crippen molar-refractivity contribution in [2.75, 3.05) is 5.32 Å². The van der Waals surface area contributed by atoms with Crippen LogP contribution in [-0.2, 0) is 0 Å². The zero-order valence-corrected chi connectivity index (χ0v) is 15.4. The molecule has 2 fully saturated rings. The number of carbonyl (C=O) groups is 1. The average molecular weight is 356 g/mol. The maximum absolute atomic E-state index is 12.5. The Balaban J connectivity index is 1.39.